The van der Waals surface area contributed by atoms with Gasteiger partial charge in [0.25, 0.3) is 0 Å². The Balaban J connectivity index is 0.000000290. The van der Waals surface area contributed by atoms with Crippen LogP contribution in [0.3, 0.4) is 0 Å². The summed E-state index contributed by atoms with van der Waals surface area (Å²) in [6.45, 7) is 5.75. The first-order valence-corrected chi connectivity index (χ1v) is 12.3. The van der Waals surface area contributed by atoms with Gasteiger partial charge in [-0.1, -0.05) is 62.0 Å². The van der Waals surface area contributed by atoms with Gasteiger partial charge in [0.1, 0.15) is 17.9 Å². The van der Waals surface area contributed by atoms with Gasteiger partial charge in [-0.25, -0.2) is 8.78 Å². The molecule has 5 nitrogen and oxygen atoms in total. The minimum Gasteiger partial charge on any atom is -0.396 e. The van der Waals surface area contributed by atoms with Crippen molar-refractivity contribution in [1.82, 2.24) is 0 Å². The normalized spacial score (nSPS) is 17.2. The summed E-state index contributed by atoms with van der Waals surface area (Å²) in [5.41, 5.74) is 0.976. The van der Waals surface area contributed by atoms with Crippen molar-refractivity contribution in [3.05, 3.63) is 69.2 Å². The molecule has 0 aliphatic carbocycles. The molecule has 0 atom stereocenters. The molecule has 0 aromatic heterocycles. The van der Waals surface area contributed by atoms with E-state index in [1.54, 1.807) is 6.07 Å². The third-order valence-electron chi connectivity index (χ3n) is 5.17. The quantitative estimate of drug-likeness (QED) is 0.372. The van der Waals surface area contributed by atoms with Crippen molar-refractivity contribution in [2.45, 2.75) is 45.8 Å². The molecule has 0 unspecified atom stereocenters. The Morgan fingerprint density at radius 3 is 1.97 bits per heavy atom. The number of halogens is 4. The van der Waals surface area contributed by atoms with Crippen LogP contribution in [0, 0.1) is 23.5 Å². The van der Waals surface area contributed by atoms with Gasteiger partial charge in [0.2, 0.25) is 0 Å². The molecule has 1 saturated heterocycles. The summed E-state index contributed by atoms with van der Waals surface area (Å²) in [5, 5.41) is 17.1. The molecular weight excluding hydrogens is 501 g/mol. The van der Waals surface area contributed by atoms with Gasteiger partial charge >= 0.3 is 0 Å². The summed E-state index contributed by atoms with van der Waals surface area (Å²) in [6, 6.07) is 8.52. The van der Waals surface area contributed by atoms with Crippen LogP contribution < -0.4 is 0 Å². The molecule has 9 heteroatoms. The molecule has 2 N–H and O–H groups in total. The highest BCUT2D eigenvalue weighted by Gasteiger charge is 2.23. The second kappa shape index (κ2) is 17.8. The number of carbonyl (C=O) groups excluding carboxylic acids is 1. The molecule has 35 heavy (non-hydrogen) atoms. The van der Waals surface area contributed by atoms with Crippen LogP contribution in [-0.4, -0.2) is 42.9 Å². The maximum Gasteiger partial charge on any atom is 0.183 e. The number of ether oxygens (including phenoxy) is 2. The zero-order valence-corrected chi connectivity index (χ0v) is 21.6. The second-order valence-corrected chi connectivity index (χ2v) is 8.95. The van der Waals surface area contributed by atoms with E-state index >= 15 is 0 Å². The first kappa shape index (κ1) is 31.4. The van der Waals surface area contributed by atoms with Gasteiger partial charge < -0.3 is 19.7 Å². The summed E-state index contributed by atoms with van der Waals surface area (Å²) in [4.78, 5) is 10.1. The first-order valence-electron chi connectivity index (χ1n) is 11.6. The molecule has 2 aromatic carbocycles. The lowest BCUT2D eigenvalue weighted by Gasteiger charge is -2.29. The predicted octanol–water partition coefficient (Wildman–Crippen LogP) is 6.62. The lowest BCUT2D eigenvalue weighted by molar-refractivity contribution is -0.206. The van der Waals surface area contributed by atoms with Crippen LogP contribution in [0.25, 0.3) is 0 Å². The Morgan fingerprint density at radius 1 is 0.971 bits per heavy atom. The zero-order chi connectivity index (χ0) is 26.2. The highest BCUT2D eigenvalue weighted by molar-refractivity contribution is 6.31. The van der Waals surface area contributed by atoms with Gasteiger partial charge in [0.15, 0.2) is 6.29 Å². The zero-order valence-electron chi connectivity index (χ0n) is 20.1. The number of aliphatic hydroxyl groups is 2. The largest absolute Gasteiger partial charge is 0.396 e. The summed E-state index contributed by atoms with van der Waals surface area (Å²) in [5.74, 6) is -0.438. The number of hydrogen-bond donors (Lipinski definition) is 2. The van der Waals surface area contributed by atoms with E-state index in [9.17, 15) is 13.6 Å². The lowest BCUT2D eigenvalue weighted by atomic mass is 10.1. The number of aliphatic hydroxyl groups excluding tert-OH is 2. The van der Waals surface area contributed by atoms with E-state index in [1.165, 1.54) is 24.3 Å². The van der Waals surface area contributed by atoms with Crippen LogP contribution in [-0.2, 0) is 9.47 Å². The van der Waals surface area contributed by atoms with E-state index in [-0.39, 0.29) is 29.2 Å². The minimum absolute atomic E-state index is 0.0330. The third-order valence-corrected chi connectivity index (χ3v) is 5.79. The highest BCUT2D eigenvalue weighted by Crippen LogP contribution is 2.28. The summed E-state index contributed by atoms with van der Waals surface area (Å²) in [6.07, 6.45) is 4.28. The van der Waals surface area contributed by atoms with Crippen molar-refractivity contribution in [3.63, 3.8) is 0 Å². The standard InChI is InChI=1S/C13H16ClFO2.C7H4ClFO.C6H14O2/c1-2-3-9-7-16-13(17-8-9)10-4-5-11(14)12(15)6-10;8-6-2-1-5(4-10)3-7(6)9;1-2-3-6(4-7)5-8/h4-6,9,13H,2-3,7-8H2,1H3;1-4H;6-8H,2-5H2,1H3. The molecular formula is C26H34Cl2F2O5. The molecule has 2 aromatic rings. The van der Waals surface area contributed by atoms with Gasteiger partial charge in [-0.2, -0.15) is 0 Å². The molecule has 3 rings (SSSR count). The van der Waals surface area contributed by atoms with E-state index in [0.29, 0.717) is 36.5 Å². The van der Waals surface area contributed by atoms with Crippen LogP contribution in [0.5, 0.6) is 0 Å². The van der Waals surface area contributed by atoms with E-state index in [4.69, 9.17) is 42.9 Å². The first-order chi connectivity index (χ1) is 16.8. The van der Waals surface area contributed by atoms with Crippen LogP contribution in [0.15, 0.2) is 36.4 Å². The Kier molecular flexibility index (Phi) is 15.9. The van der Waals surface area contributed by atoms with Gasteiger partial charge in [0.05, 0.1) is 23.3 Å². The molecule has 0 spiro atoms. The van der Waals surface area contributed by atoms with E-state index in [2.05, 4.69) is 6.92 Å². The number of carbonyl (C=O) groups is 1. The Hall–Kier alpha value is -1.61. The monoisotopic (exact) mass is 534 g/mol. The van der Waals surface area contributed by atoms with Crippen LogP contribution in [0.4, 0.5) is 8.78 Å². The smallest absolute Gasteiger partial charge is 0.183 e. The Bertz CT molecular complexity index is 873. The van der Waals surface area contributed by atoms with Crippen LogP contribution in [0.2, 0.25) is 10.0 Å². The molecule has 0 bridgehead atoms. The topological polar surface area (TPSA) is 76.0 Å². The van der Waals surface area contributed by atoms with Gasteiger partial charge in [-0.3, -0.25) is 4.79 Å². The van der Waals surface area contributed by atoms with Crippen molar-refractivity contribution >= 4 is 29.5 Å². The lowest BCUT2D eigenvalue weighted by Crippen LogP contribution is -2.27. The highest BCUT2D eigenvalue weighted by atomic mass is 35.5. The molecule has 1 heterocycles. The molecule has 1 fully saturated rings. The van der Waals surface area contributed by atoms with Crippen LogP contribution in [0.1, 0.15) is 61.7 Å². The number of hydrogen-bond acceptors (Lipinski definition) is 5. The predicted molar refractivity (Wildman–Crippen MR) is 134 cm³/mol. The second-order valence-electron chi connectivity index (χ2n) is 8.14. The molecule has 0 radical (unpaired) electrons. The maximum atomic E-state index is 13.3. The SMILES string of the molecule is CCCC(CO)CO.CCCC1COC(c2ccc(Cl)c(F)c2)OC1.O=Cc1ccc(Cl)c(F)c1. The average molecular weight is 535 g/mol. The molecule has 1 aliphatic heterocycles. The van der Waals surface area contributed by atoms with E-state index < -0.39 is 17.9 Å². The van der Waals surface area contributed by atoms with Crippen molar-refractivity contribution in [2.75, 3.05) is 26.4 Å². The van der Waals surface area contributed by atoms with Crippen molar-refractivity contribution in [3.8, 4) is 0 Å². The van der Waals surface area contributed by atoms with Gasteiger partial charge in [-0.05, 0) is 37.1 Å². The van der Waals surface area contributed by atoms with Gasteiger partial charge in [-0.15, -0.1) is 0 Å². The fraction of sp³-hybridized carbons (Fsp3) is 0.500. The molecule has 1 aliphatic rings. The summed E-state index contributed by atoms with van der Waals surface area (Å²) >= 11 is 11.0. The van der Waals surface area contributed by atoms with Crippen molar-refractivity contribution < 1.29 is 33.3 Å². The fourth-order valence-corrected chi connectivity index (χ4v) is 3.44. The summed E-state index contributed by atoms with van der Waals surface area (Å²) < 4.78 is 36.9. The summed E-state index contributed by atoms with van der Waals surface area (Å²) in [7, 11) is 0. The van der Waals surface area contributed by atoms with Crippen LogP contribution >= 0.6 is 23.2 Å². The Morgan fingerprint density at radius 2 is 1.54 bits per heavy atom. The van der Waals surface area contributed by atoms with Crippen molar-refractivity contribution in [1.29, 1.82) is 0 Å². The van der Waals surface area contributed by atoms with Crippen molar-refractivity contribution in [2.24, 2.45) is 11.8 Å². The number of rotatable bonds is 8. The molecule has 196 valence electrons. The van der Waals surface area contributed by atoms with E-state index in [0.717, 1.165) is 31.7 Å². The molecule has 0 saturated carbocycles. The maximum absolute atomic E-state index is 13.3. The molecule has 0 amide bonds. The third kappa shape index (κ3) is 11.8. The number of benzene rings is 2. The van der Waals surface area contributed by atoms with Gasteiger partial charge in [0, 0.05) is 36.2 Å². The minimum atomic E-state index is -0.564. The van der Waals surface area contributed by atoms with E-state index in [1.807, 2.05) is 6.92 Å². The average Bonchev–Trinajstić information content (AvgIpc) is 2.87. The fourth-order valence-electron chi connectivity index (χ4n) is 3.20. The Labute approximate surface area is 216 Å². The number of aldehydes is 1.